The predicted molar refractivity (Wildman–Crippen MR) is 61.5 cm³/mol. The Hall–Kier alpha value is -0.980. The maximum atomic E-state index is 11.4. The highest BCUT2D eigenvalue weighted by Gasteiger charge is 2.15. The fourth-order valence-corrected chi connectivity index (χ4v) is 2.07. The van der Waals surface area contributed by atoms with Crippen molar-refractivity contribution in [1.29, 1.82) is 0 Å². The van der Waals surface area contributed by atoms with Crippen molar-refractivity contribution in [3.05, 3.63) is 28.2 Å². The van der Waals surface area contributed by atoms with E-state index in [0.717, 1.165) is 0 Å². The molecule has 0 saturated carbocycles. The average Bonchev–Trinajstić information content (AvgIpc) is 2.70. The molecule has 0 bridgehead atoms. The van der Waals surface area contributed by atoms with Crippen LogP contribution in [-0.4, -0.2) is 30.7 Å². The number of benzene rings is 1. The smallest absolute Gasteiger partial charge is 0.244 e. The van der Waals surface area contributed by atoms with Gasteiger partial charge in [-0.3, -0.25) is 4.21 Å². The highest BCUT2D eigenvalue weighted by Crippen LogP contribution is 2.28. The van der Waals surface area contributed by atoms with Gasteiger partial charge in [0.25, 0.3) is 0 Å². The van der Waals surface area contributed by atoms with E-state index in [9.17, 15) is 4.21 Å². The third-order valence-corrected chi connectivity index (χ3v) is 3.44. The van der Waals surface area contributed by atoms with Gasteiger partial charge in [0.2, 0.25) is 5.16 Å². The average molecular weight is 277 g/mol. The molecule has 0 amide bonds. The molecule has 1 atom stereocenters. The van der Waals surface area contributed by atoms with Crippen molar-refractivity contribution in [3.8, 4) is 5.69 Å². The lowest BCUT2D eigenvalue weighted by atomic mass is 10.3. The second kappa shape index (κ2) is 4.48. The zero-order chi connectivity index (χ0) is 11.7. The van der Waals surface area contributed by atoms with Crippen LogP contribution in [0.1, 0.15) is 0 Å². The van der Waals surface area contributed by atoms with Crippen LogP contribution in [0.2, 0.25) is 10.0 Å². The lowest BCUT2D eigenvalue weighted by Gasteiger charge is -2.05. The molecule has 0 aliphatic heterocycles. The van der Waals surface area contributed by atoms with Gasteiger partial charge in [0.15, 0.2) is 0 Å². The van der Waals surface area contributed by atoms with E-state index < -0.39 is 10.8 Å². The van der Waals surface area contributed by atoms with Gasteiger partial charge in [0.05, 0.1) is 26.5 Å². The Bertz CT molecular complexity index is 557. The molecule has 5 nitrogen and oxygen atoms in total. The number of rotatable bonds is 2. The maximum absolute atomic E-state index is 11.4. The summed E-state index contributed by atoms with van der Waals surface area (Å²) in [4.78, 5) is 0. The minimum atomic E-state index is -1.30. The molecule has 1 heterocycles. The Morgan fingerprint density at radius 1 is 1.38 bits per heavy atom. The zero-order valence-corrected chi connectivity index (χ0v) is 10.4. The predicted octanol–water partition coefficient (Wildman–Crippen LogP) is 1.71. The molecule has 0 N–H and O–H groups in total. The SMILES string of the molecule is CS(=O)c1nnnn1-c1cccc(Cl)c1Cl. The monoisotopic (exact) mass is 276 g/mol. The van der Waals surface area contributed by atoms with E-state index in [1.165, 1.54) is 10.9 Å². The second-order valence-electron chi connectivity index (χ2n) is 2.90. The van der Waals surface area contributed by atoms with Crippen LogP contribution >= 0.6 is 23.2 Å². The summed E-state index contributed by atoms with van der Waals surface area (Å²) in [7, 11) is -1.30. The van der Waals surface area contributed by atoms with Gasteiger partial charge in [0.1, 0.15) is 0 Å². The minimum Gasteiger partial charge on any atom is -0.251 e. The van der Waals surface area contributed by atoms with Crippen LogP contribution in [-0.2, 0) is 10.8 Å². The molecule has 8 heteroatoms. The van der Waals surface area contributed by atoms with Crippen LogP contribution in [0, 0.1) is 0 Å². The van der Waals surface area contributed by atoms with E-state index in [4.69, 9.17) is 23.2 Å². The zero-order valence-electron chi connectivity index (χ0n) is 8.09. The van der Waals surface area contributed by atoms with E-state index in [0.29, 0.717) is 15.7 Å². The normalized spacial score (nSPS) is 12.7. The van der Waals surface area contributed by atoms with Crippen molar-refractivity contribution in [2.24, 2.45) is 0 Å². The number of nitrogens with zero attached hydrogens (tertiary/aromatic N) is 4. The van der Waals surface area contributed by atoms with E-state index >= 15 is 0 Å². The number of halogens is 2. The Morgan fingerprint density at radius 2 is 2.12 bits per heavy atom. The maximum Gasteiger partial charge on any atom is 0.244 e. The molecule has 0 radical (unpaired) electrons. The molecule has 0 spiro atoms. The Kier molecular flexibility index (Phi) is 3.22. The van der Waals surface area contributed by atoms with Crippen LogP contribution in [0.15, 0.2) is 23.4 Å². The molecule has 0 aliphatic rings. The number of hydrogen-bond donors (Lipinski definition) is 0. The molecule has 2 rings (SSSR count). The molecule has 84 valence electrons. The van der Waals surface area contributed by atoms with E-state index in [1.54, 1.807) is 18.2 Å². The summed E-state index contributed by atoms with van der Waals surface area (Å²) >= 11 is 11.9. The first-order valence-corrected chi connectivity index (χ1v) is 6.49. The third kappa shape index (κ3) is 1.95. The van der Waals surface area contributed by atoms with Crippen molar-refractivity contribution in [3.63, 3.8) is 0 Å². The largest absolute Gasteiger partial charge is 0.251 e. The summed E-state index contributed by atoms with van der Waals surface area (Å²) in [5.41, 5.74) is 0.504. The van der Waals surface area contributed by atoms with Crippen molar-refractivity contribution in [1.82, 2.24) is 20.2 Å². The lowest BCUT2D eigenvalue weighted by molar-refractivity contribution is 0.670. The molecule has 1 unspecified atom stereocenters. The van der Waals surface area contributed by atoms with E-state index in [2.05, 4.69) is 15.5 Å². The third-order valence-electron chi connectivity index (χ3n) is 1.86. The molecule has 16 heavy (non-hydrogen) atoms. The van der Waals surface area contributed by atoms with E-state index in [1.807, 2.05) is 0 Å². The summed E-state index contributed by atoms with van der Waals surface area (Å²) in [5.74, 6) is 0. The standard InChI is InChI=1S/C8H6Cl2N4OS/c1-16(15)8-11-12-13-14(8)6-4-2-3-5(9)7(6)10/h2-4H,1H3. The van der Waals surface area contributed by atoms with Gasteiger partial charge in [0, 0.05) is 6.26 Å². The quantitative estimate of drug-likeness (QED) is 0.838. The van der Waals surface area contributed by atoms with Gasteiger partial charge in [-0.25, -0.2) is 0 Å². The topological polar surface area (TPSA) is 60.7 Å². The van der Waals surface area contributed by atoms with Crippen LogP contribution in [0.5, 0.6) is 0 Å². The van der Waals surface area contributed by atoms with Gasteiger partial charge >= 0.3 is 0 Å². The Balaban J connectivity index is 2.63. The van der Waals surface area contributed by atoms with Crippen LogP contribution in [0.3, 0.4) is 0 Å². The molecular weight excluding hydrogens is 271 g/mol. The van der Waals surface area contributed by atoms with Gasteiger partial charge in [-0.15, -0.1) is 0 Å². The Labute approximate surface area is 104 Å². The summed E-state index contributed by atoms with van der Waals surface area (Å²) < 4.78 is 12.7. The summed E-state index contributed by atoms with van der Waals surface area (Å²) in [6, 6.07) is 5.06. The lowest BCUT2D eigenvalue weighted by Crippen LogP contribution is -2.05. The second-order valence-corrected chi connectivity index (χ2v) is 4.96. The van der Waals surface area contributed by atoms with Crippen molar-refractivity contribution in [2.45, 2.75) is 5.16 Å². The Morgan fingerprint density at radius 3 is 2.81 bits per heavy atom. The van der Waals surface area contributed by atoms with Crippen LogP contribution in [0.4, 0.5) is 0 Å². The highest BCUT2D eigenvalue weighted by molar-refractivity contribution is 7.84. The molecule has 0 saturated heterocycles. The molecule has 0 fully saturated rings. The van der Waals surface area contributed by atoms with Gasteiger partial charge < -0.3 is 0 Å². The van der Waals surface area contributed by atoms with Crippen molar-refractivity contribution in [2.75, 3.05) is 6.26 Å². The molecular formula is C8H6Cl2N4OS. The fraction of sp³-hybridized carbons (Fsp3) is 0.125. The first-order chi connectivity index (χ1) is 7.61. The first kappa shape index (κ1) is 11.5. The van der Waals surface area contributed by atoms with Crippen molar-refractivity contribution >= 4 is 34.0 Å². The summed E-state index contributed by atoms with van der Waals surface area (Å²) in [6.45, 7) is 0. The van der Waals surface area contributed by atoms with Crippen molar-refractivity contribution < 1.29 is 4.21 Å². The fourth-order valence-electron chi connectivity index (χ4n) is 1.17. The highest BCUT2D eigenvalue weighted by atomic mass is 35.5. The van der Waals surface area contributed by atoms with Crippen LogP contribution in [0.25, 0.3) is 5.69 Å². The van der Waals surface area contributed by atoms with Gasteiger partial charge in [-0.2, -0.15) is 4.68 Å². The van der Waals surface area contributed by atoms with Crippen LogP contribution < -0.4 is 0 Å². The minimum absolute atomic E-state index is 0.226. The van der Waals surface area contributed by atoms with Gasteiger partial charge in [-0.05, 0) is 22.6 Å². The first-order valence-electron chi connectivity index (χ1n) is 4.17. The number of hydrogen-bond acceptors (Lipinski definition) is 4. The summed E-state index contributed by atoms with van der Waals surface area (Å²) in [5, 5.41) is 11.8. The summed E-state index contributed by atoms with van der Waals surface area (Å²) in [6.07, 6.45) is 1.49. The van der Waals surface area contributed by atoms with Gasteiger partial charge in [-0.1, -0.05) is 34.4 Å². The molecule has 1 aromatic carbocycles. The number of tetrazole rings is 1. The molecule has 0 aliphatic carbocycles. The number of aromatic nitrogens is 4. The van der Waals surface area contributed by atoms with E-state index in [-0.39, 0.29) is 5.16 Å². The molecule has 1 aromatic heterocycles. The molecule has 2 aromatic rings.